The maximum atomic E-state index is 10.6. The lowest BCUT2D eigenvalue weighted by Crippen LogP contribution is -2.49. The number of hydrogen-bond acceptors (Lipinski definition) is 4. The summed E-state index contributed by atoms with van der Waals surface area (Å²) in [6.45, 7) is 14.3. The summed E-state index contributed by atoms with van der Waals surface area (Å²) in [5, 5.41) is 11.4. The van der Waals surface area contributed by atoms with Crippen LogP contribution in [-0.4, -0.2) is 61.5 Å². The van der Waals surface area contributed by atoms with Gasteiger partial charge in [0.15, 0.2) is 0 Å². The minimum Gasteiger partial charge on any atom is -0.389 e. The van der Waals surface area contributed by atoms with Crippen LogP contribution in [0.5, 0.6) is 0 Å². The lowest BCUT2D eigenvalue weighted by atomic mass is 9.70. The number of halogens is 1. The van der Waals surface area contributed by atoms with E-state index in [4.69, 9.17) is 16.3 Å². The SMILES string of the molecule is Cc1ccc(Cl)cc1N1CCN(C[C@@H](O)CO[C@H]2C[C@@H]3CC[C@]2(C)C3(C)C)CC1. The van der Waals surface area contributed by atoms with Crippen molar-refractivity contribution in [2.45, 2.75) is 59.2 Å². The molecule has 29 heavy (non-hydrogen) atoms. The minimum absolute atomic E-state index is 0.262. The number of aryl methyl sites for hydroxylation is 1. The summed E-state index contributed by atoms with van der Waals surface area (Å²) >= 11 is 6.19. The molecule has 1 aromatic rings. The first-order valence-electron chi connectivity index (χ1n) is 11.2. The molecule has 2 bridgehead atoms. The Kier molecular flexibility index (Phi) is 5.93. The van der Waals surface area contributed by atoms with Crippen LogP contribution in [0.4, 0.5) is 5.69 Å². The van der Waals surface area contributed by atoms with E-state index in [1.54, 1.807) is 0 Å². The third-order valence-corrected chi connectivity index (χ3v) is 8.79. The molecule has 0 unspecified atom stereocenters. The number of ether oxygens (including phenoxy) is 1. The largest absolute Gasteiger partial charge is 0.389 e. The van der Waals surface area contributed by atoms with Crippen LogP contribution in [0.25, 0.3) is 0 Å². The van der Waals surface area contributed by atoms with Gasteiger partial charge in [-0.05, 0) is 60.6 Å². The molecule has 2 saturated carbocycles. The number of piperazine rings is 1. The standard InChI is InChI=1S/C24H37ClN2O2/c1-17-5-6-19(25)14-21(17)27-11-9-26(10-12-27)15-20(28)16-29-22-13-18-7-8-24(22,4)23(18,2)3/h5-6,14,18,20,22,28H,7-13,15-16H2,1-4H3/t18-,20+,22-,24-/m0/s1. The molecule has 162 valence electrons. The molecular weight excluding hydrogens is 384 g/mol. The van der Waals surface area contributed by atoms with Crippen molar-refractivity contribution in [3.8, 4) is 0 Å². The van der Waals surface area contributed by atoms with Gasteiger partial charge in [0.2, 0.25) is 0 Å². The Morgan fingerprint density at radius 1 is 1.21 bits per heavy atom. The first kappa shape index (κ1) is 21.4. The Labute approximate surface area is 181 Å². The Morgan fingerprint density at radius 3 is 2.55 bits per heavy atom. The number of aliphatic hydroxyl groups excluding tert-OH is 1. The molecule has 1 N–H and O–H groups in total. The molecule has 0 spiro atoms. The fraction of sp³-hybridized carbons (Fsp3) is 0.750. The van der Waals surface area contributed by atoms with Gasteiger partial charge in [-0.25, -0.2) is 0 Å². The van der Waals surface area contributed by atoms with Gasteiger partial charge in [-0.1, -0.05) is 38.4 Å². The van der Waals surface area contributed by atoms with E-state index >= 15 is 0 Å². The van der Waals surface area contributed by atoms with E-state index in [0.29, 0.717) is 24.7 Å². The first-order chi connectivity index (χ1) is 13.7. The zero-order valence-corrected chi connectivity index (χ0v) is 19.2. The van der Waals surface area contributed by atoms with Crippen molar-refractivity contribution >= 4 is 17.3 Å². The lowest BCUT2D eigenvalue weighted by Gasteiger charge is -2.40. The third-order valence-electron chi connectivity index (χ3n) is 8.56. The summed E-state index contributed by atoms with van der Waals surface area (Å²) in [5.74, 6) is 0.776. The van der Waals surface area contributed by atoms with Crippen LogP contribution in [0, 0.1) is 23.7 Å². The summed E-state index contributed by atoms with van der Waals surface area (Å²) in [7, 11) is 0. The zero-order chi connectivity index (χ0) is 20.8. The highest BCUT2D eigenvalue weighted by Gasteiger charge is 2.61. The molecule has 5 heteroatoms. The predicted octanol–water partition coefficient (Wildman–Crippen LogP) is 4.36. The molecule has 4 nitrogen and oxygen atoms in total. The van der Waals surface area contributed by atoms with Gasteiger partial charge in [-0.15, -0.1) is 0 Å². The van der Waals surface area contributed by atoms with Crippen molar-refractivity contribution in [3.63, 3.8) is 0 Å². The van der Waals surface area contributed by atoms with Crippen molar-refractivity contribution in [1.29, 1.82) is 0 Å². The average molecular weight is 421 g/mol. The van der Waals surface area contributed by atoms with Gasteiger partial charge in [-0.3, -0.25) is 4.90 Å². The molecule has 1 saturated heterocycles. The Morgan fingerprint density at radius 2 is 1.93 bits per heavy atom. The van der Waals surface area contributed by atoms with Crippen LogP contribution >= 0.6 is 11.6 Å². The van der Waals surface area contributed by atoms with E-state index in [2.05, 4.69) is 49.6 Å². The summed E-state index contributed by atoms with van der Waals surface area (Å²) in [4.78, 5) is 4.76. The topological polar surface area (TPSA) is 35.9 Å². The summed E-state index contributed by atoms with van der Waals surface area (Å²) < 4.78 is 6.30. The number of anilines is 1. The number of aliphatic hydroxyl groups is 1. The number of rotatable bonds is 6. The van der Waals surface area contributed by atoms with Gasteiger partial charge in [0.1, 0.15) is 0 Å². The molecule has 0 amide bonds. The van der Waals surface area contributed by atoms with Crippen LogP contribution in [0.15, 0.2) is 18.2 Å². The van der Waals surface area contributed by atoms with Crippen molar-refractivity contribution in [2.24, 2.45) is 16.7 Å². The van der Waals surface area contributed by atoms with Crippen LogP contribution in [0.3, 0.4) is 0 Å². The summed E-state index contributed by atoms with van der Waals surface area (Å²) in [5.41, 5.74) is 3.11. The van der Waals surface area contributed by atoms with Crippen LogP contribution in [0.2, 0.25) is 5.02 Å². The second-order valence-corrected chi connectivity index (χ2v) is 10.7. The molecule has 1 aliphatic heterocycles. The smallest absolute Gasteiger partial charge is 0.0900 e. The molecule has 4 atom stereocenters. The fourth-order valence-corrected chi connectivity index (χ4v) is 6.22. The van der Waals surface area contributed by atoms with Crippen LogP contribution in [0.1, 0.15) is 45.6 Å². The molecule has 0 radical (unpaired) electrons. The third kappa shape index (κ3) is 3.94. The second kappa shape index (κ2) is 8.03. The number of β-amino-alcohol motifs (C(OH)–C–C–N with tert-alkyl or cyclic N) is 1. The Balaban J connectivity index is 1.24. The predicted molar refractivity (Wildman–Crippen MR) is 120 cm³/mol. The first-order valence-corrected chi connectivity index (χ1v) is 11.6. The molecule has 0 aromatic heterocycles. The normalized spacial score (nSPS) is 32.7. The zero-order valence-electron chi connectivity index (χ0n) is 18.5. The van der Waals surface area contributed by atoms with E-state index in [1.165, 1.54) is 24.1 Å². The monoisotopic (exact) mass is 420 g/mol. The maximum Gasteiger partial charge on any atom is 0.0900 e. The van der Waals surface area contributed by atoms with E-state index in [9.17, 15) is 5.11 Å². The highest BCUT2D eigenvalue weighted by atomic mass is 35.5. The maximum absolute atomic E-state index is 10.6. The summed E-state index contributed by atoms with van der Waals surface area (Å²) in [6.07, 6.45) is 3.64. The molecule has 3 fully saturated rings. The fourth-order valence-electron chi connectivity index (χ4n) is 6.05. The highest BCUT2D eigenvalue weighted by Crippen LogP contribution is 2.66. The highest BCUT2D eigenvalue weighted by molar-refractivity contribution is 6.30. The second-order valence-electron chi connectivity index (χ2n) is 10.3. The van der Waals surface area contributed by atoms with E-state index < -0.39 is 6.10 Å². The van der Waals surface area contributed by atoms with E-state index in [0.717, 1.165) is 43.5 Å². The number of hydrogen-bond donors (Lipinski definition) is 1. The minimum atomic E-state index is -0.416. The molecule has 1 heterocycles. The van der Waals surface area contributed by atoms with Gasteiger partial charge in [0.05, 0.1) is 18.8 Å². The summed E-state index contributed by atoms with van der Waals surface area (Å²) in [6, 6.07) is 6.10. The van der Waals surface area contributed by atoms with Crippen LogP contribution in [-0.2, 0) is 4.74 Å². The van der Waals surface area contributed by atoms with Gasteiger partial charge in [0.25, 0.3) is 0 Å². The average Bonchev–Trinajstić information content (AvgIpc) is 3.02. The van der Waals surface area contributed by atoms with E-state index in [1.807, 2.05) is 6.07 Å². The molecular formula is C24H37ClN2O2. The molecule has 1 aromatic carbocycles. The number of fused-ring (bicyclic) bond motifs is 2. The number of nitrogens with zero attached hydrogens (tertiary/aromatic N) is 2. The van der Waals surface area contributed by atoms with Crippen molar-refractivity contribution in [3.05, 3.63) is 28.8 Å². The Hall–Kier alpha value is -0.810. The van der Waals surface area contributed by atoms with Gasteiger partial charge in [-0.2, -0.15) is 0 Å². The van der Waals surface area contributed by atoms with Crippen molar-refractivity contribution in [1.82, 2.24) is 4.90 Å². The van der Waals surface area contributed by atoms with Gasteiger partial charge >= 0.3 is 0 Å². The lowest BCUT2D eigenvalue weighted by molar-refractivity contribution is -0.0794. The molecule has 2 aliphatic carbocycles. The van der Waals surface area contributed by atoms with Gasteiger partial charge in [0, 0.05) is 43.4 Å². The van der Waals surface area contributed by atoms with Gasteiger partial charge < -0.3 is 14.7 Å². The van der Waals surface area contributed by atoms with E-state index in [-0.39, 0.29) is 5.41 Å². The van der Waals surface area contributed by atoms with Crippen LogP contribution < -0.4 is 4.90 Å². The Bertz CT molecular complexity index is 732. The van der Waals surface area contributed by atoms with Crippen molar-refractivity contribution in [2.75, 3.05) is 44.2 Å². The van der Waals surface area contributed by atoms with Crippen molar-refractivity contribution < 1.29 is 9.84 Å². The molecule has 4 rings (SSSR count). The number of benzene rings is 1. The quantitative estimate of drug-likeness (QED) is 0.741. The molecule has 3 aliphatic rings.